The highest BCUT2D eigenvalue weighted by Crippen LogP contribution is 2.08. The minimum Gasteiger partial charge on any atom is -0.409 e. The first-order valence-electron chi connectivity index (χ1n) is 5.62. The standard InChI is InChI=1S/C12H18N4O2/c1-8-4-5-10(7-14-8)12(17)16(3)9(2)6-11(13)15-18/h4-5,7,9,18H,6H2,1-3H3,(H2,13,15). The molecule has 1 aromatic rings. The third-order valence-electron chi connectivity index (χ3n) is 2.77. The fraction of sp³-hybridized carbons (Fsp3) is 0.417. The SMILES string of the molecule is Cc1ccc(C(=O)N(C)C(C)CC(N)=NO)cn1. The number of carbonyl (C=O) groups excluding carboxylic acids is 1. The van der Waals surface area contributed by atoms with Crippen LogP contribution in [0.25, 0.3) is 0 Å². The summed E-state index contributed by atoms with van der Waals surface area (Å²) in [6.07, 6.45) is 1.86. The molecule has 3 N–H and O–H groups in total. The molecule has 1 atom stereocenters. The van der Waals surface area contributed by atoms with E-state index < -0.39 is 0 Å². The van der Waals surface area contributed by atoms with E-state index in [0.717, 1.165) is 5.69 Å². The van der Waals surface area contributed by atoms with Crippen LogP contribution < -0.4 is 5.73 Å². The number of nitrogens with zero attached hydrogens (tertiary/aromatic N) is 3. The number of aromatic nitrogens is 1. The molecule has 1 unspecified atom stereocenters. The quantitative estimate of drug-likeness (QED) is 0.361. The van der Waals surface area contributed by atoms with Gasteiger partial charge in [-0.1, -0.05) is 5.16 Å². The molecule has 0 aliphatic rings. The fourth-order valence-electron chi connectivity index (χ4n) is 1.48. The summed E-state index contributed by atoms with van der Waals surface area (Å²) in [6, 6.07) is 3.36. The number of aryl methyl sites for hydroxylation is 1. The molecule has 1 amide bonds. The highest BCUT2D eigenvalue weighted by molar-refractivity contribution is 5.94. The minimum absolute atomic E-state index is 0.101. The average molecular weight is 250 g/mol. The maximum Gasteiger partial charge on any atom is 0.255 e. The van der Waals surface area contributed by atoms with Gasteiger partial charge >= 0.3 is 0 Å². The molecular weight excluding hydrogens is 232 g/mol. The van der Waals surface area contributed by atoms with Crippen LogP contribution in [0, 0.1) is 6.92 Å². The van der Waals surface area contributed by atoms with Crippen LogP contribution in [0.4, 0.5) is 0 Å². The first kappa shape index (κ1) is 14.0. The lowest BCUT2D eigenvalue weighted by atomic mass is 10.1. The molecule has 6 nitrogen and oxygen atoms in total. The topological polar surface area (TPSA) is 91.8 Å². The Hall–Kier alpha value is -2.11. The molecule has 1 aromatic heterocycles. The zero-order chi connectivity index (χ0) is 13.7. The summed E-state index contributed by atoms with van der Waals surface area (Å²) in [5, 5.41) is 11.4. The number of hydrogen-bond acceptors (Lipinski definition) is 4. The molecule has 0 radical (unpaired) electrons. The minimum atomic E-state index is -0.158. The van der Waals surface area contributed by atoms with Gasteiger partial charge in [0.15, 0.2) is 0 Å². The fourth-order valence-corrected chi connectivity index (χ4v) is 1.48. The van der Waals surface area contributed by atoms with Gasteiger partial charge < -0.3 is 15.8 Å². The maximum atomic E-state index is 12.1. The van der Waals surface area contributed by atoms with Crippen LogP contribution in [-0.4, -0.2) is 39.9 Å². The van der Waals surface area contributed by atoms with Gasteiger partial charge in [0, 0.05) is 31.4 Å². The Morgan fingerprint density at radius 3 is 2.78 bits per heavy atom. The molecular formula is C12H18N4O2. The number of nitrogens with two attached hydrogens (primary N) is 1. The van der Waals surface area contributed by atoms with Gasteiger partial charge in [-0.05, 0) is 26.0 Å². The number of amides is 1. The summed E-state index contributed by atoms with van der Waals surface area (Å²) in [6.45, 7) is 3.69. The van der Waals surface area contributed by atoms with Crippen LogP contribution in [0.5, 0.6) is 0 Å². The van der Waals surface area contributed by atoms with Crippen LogP contribution in [0.2, 0.25) is 0 Å². The van der Waals surface area contributed by atoms with Crippen LogP contribution in [0.15, 0.2) is 23.5 Å². The van der Waals surface area contributed by atoms with Crippen LogP contribution >= 0.6 is 0 Å². The average Bonchev–Trinajstić information content (AvgIpc) is 2.37. The Labute approximate surface area is 106 Å². The molecule has 0 saturated carbocycles. The third kappa shape index (κ3) is 3.44. The van der Waals surface area contributed by atoms with Crippen LogP contribution in [0.1, 0.15) is 29.4 Å². The van der Waals surface area contributed by atoms with Gasteiger partial charge in [0.2, 0.25) is 0 Å². The molecule has 0 aliphatic heterocycles. The van der Waals surface area contributed by atoms with E-state index in [1.165, 1.54) is 0 Å². The van der Waals surface area contributed by atoms with E-state index in [4.69, 9.17) is 10.9 Å². The van der Waals surface area contributed by atoms with E-state index >= 15 is 0 Å². The summed E-state index contributed by atoms with van der Waals surface area (Å²) in [5.41, 5.74) is 6.80. The van der Waals surface area contributed by atoms with Gasteiger partial charge in [-0.25, -0.2) is 0 Å². The summed E-state index contributed by atoms with van der Waals surface area (Å²) in [5.74, 6) is -0.0371. The largest absolute Gasteiger partial charge is 0.409 e. The predicted molar refractivity (Wildman–Crippen MR) is 68.6 cm³/mol. The molecule has 0 aromatic carbocycles. The van der Waals surface area contributed by atoms with Gasteiger partial charge in [-0.15, -0.1) is 0 Å². The summed E-state index contributed by atoms with van der Waals surface area (Å²) >= 11 is 0. The summed E-state index contributed by atoms with van der Waals surface area (Å²) < 4.78 is 0. The lowest BCUT2D eigenvalue weighted by molar-refractivity contribution is 0.0746. The second-order valence-corrected chi connectivity index (χ2v) is 4.25. The summed E-state index contributed by atoms with van der Waals surface area (Å²) in [4.78, 5) is 17.7. The van der Waals surface area contributed by atoms with Gasteiger partial charge in [0.05, 0.1) is 5.56 Å². The van der Waals surface area contributed by atoms with Crippen molar-refractivity contribution in [3.63, 3.8) is 0 Å². The van der Waals surface area contributed by atoms with E-state index in [1.54, 1.807) is 30.3 Å². The second-order valence-electron chi connectivity index (χ2n) is 4.25. The molecule has 0 aliphatic carbocycles. The highest BCUT2D eigenvalue weighted by Gasteiger charge is 2.18. The monoisotopic (exact) mass is 250 g/mol. The van der Waals surface area contributed by atoms with E-state index in [1.807, 2.05) is 13.8 Å². The molecule has 0 spiro atoms. The second kappa shape index (κ2) is 6.00. The zero-order valence-corrected chi connectivity index (χ0v) is 10.8. The van der Waals surface area contributed by atoms with Gasteiger partial charge in [-0.2, -0.15) is 0 Å². The number of carbonyl (C=O) groups is 1. The number of rotatable bonds is 4. The van der Waals surface area contributed by atoms with Crippen LogP contribution in [0.3, 0.4) is 0 Å². The van der Waals surface area contributed by atoms with Gasteiger partial charge in [0.1, 0.15) is 5.84 Å². The molecule has 1 heterocycles. The van der Waals surface area contributed by atoms with Gasteiger partial charge in [0.25, 0.3) is 5.91 Å². The van der Waals surface area contributed by atoms with Crippen molar-refractivity contribution in [3.05, 3.63) is 29.6 Å². The van der Waals surface area contributed by atoms with Crippen molar-refractivity contribution in [1.82, 2.24) is 9.88 Å². The van der Waals surface area contributed by atoms with Crippen molar-refractivity contribution >= 4 is 11.7 Å². The van der Waals surface area contributed by atoms with Crippen molar-refractivity contribution in [1.29, 1.82) is 0 Å². The Kier molecular flexibility index (Phi) is 4.65. The molecule has 6 heteroatoms. The lowest BCUT2D eigenvalue weighted by Crippen LogP contribution is -2.37. The third-order valence-corrected chi connectivity index (χ3v) is 2.77. The van der Waals surface area contributed by atoms with Crippen molar-refractivity contribution < 1.29 is 10.0 Å². The molecule has 18 heavy (non-hydrogen) atoms. The van der Waals surface area contributed by atoms with Crippen molar-refractivity contribution in [2.24, 2.45) is 10.9 Å². The molecule has 0 saturated heterocycles. The van der Waals surface area contributed by atoms with Crippen molar-refractivity contribution in [2.45, 2.75) is 26.3 Å². The number of amidine groups is 1. The van der Waals surface area contributed by atoms with E-state index in [0.29, 0.717) is 12.0 Å². The molecule has 1 rings (SSSR count). The van der Waals surface area contributed by atoms with Crippen molar-refractivity contribution in [2.75, 3.05) is 7.05 Å². The highest BCUT2D eigenvalue weighted by atomic mass is 16.4. The molecule has 0 fully saturated rings. The Bertz CT molecular complexity index is 442. The Morgan fingerprint density at radius 1 is 1.61 bits per heavy atom. The molecule has 0 bridgehead atoms. The molecule has 98 valence electrons. The van der Waals surface area contributed by atoms with E-state index in [2.05, 4.69) is 10.1 Å². The zero-order valence-electron chi connectivity index (χ0n) is 10.8. The smallest absolute Gasteiger partial charge is 0.255 e. The number of hydrogen-bond donors (Lipinski definition) is 2. The first-order valence-corrected chi connectivity index (χ1v) is 5.62. The Morgan fingerprint density at radius 2 is 2.28 bits per heavy atom. The number of oxime groups is 1. The van der Waals surface area contributed by atoms with E-state index in [-0.39, 0.29) is 17.8 Å². The maximum absolute atomic E-state index is 12.1. The number of pyridine rings is 1. The van der Waals surface area contributed by atoms with Crippen molar-refractivity contribution in [3.8, 4) is 0 Å². The predicted octanol–water partition coefficient (Wildman–Crippen LogP) is 0.987. The normalized spacial score (nSPS) is 13.2. The Balaban J connectivity index is 2.74. The van der Waals surface area contributed by atoms with Gasteiger partial charge in [-0.3, -0.25) is 9.78 Å². The van der Waals surface area contributed by atoms with Crippen LogP contribution in [-0.2, 0) is 0 Å². The van der Waals surface area contributed by atoms with E-state index in [9.17, 15) is 4.79 Å². The lowest BCUT2D eigenvalue weighted by Gasteiger charge is -2.24. The first-order chi connectivity index (χ1) is 8.45. The summed E-state index contributed by atoms with van der Waals surface area (Å²) in [7, 11) is 1.68.